The standard InChI is InChI=1S/C16H24N2O3/c1-12(14-4-6-15(20-3)7-5-14)17-13(2)16(19)18-8-10-21-11-9-18/h4-7,12-13,17H,8-11H2,1-3H3. The lowest BCUT2D eigenvalue weighted by Crippen LogP contribution is -2.49. The van der Waals surface area contributed by atoms with Crippen molar-refractivity contribution in [3.63, 3.8) is 0 Å². The van der Waals surface area contributed by atoms with Gasteiger partial charge in [-0.2, -0.15) is 0 Å². The summed E-state index contributed by atoms with van der Waals surface area (Å²) in [7, 11) is 1.65. The van der Waals surface area contributed by atoms with Crippen molar-refractivity contribution in [2.75, 3.05) is 33.4 Å². The second-order valence-electron chi connectivity index (χ2n) is 5.32. The van der Waals surface area contributed by atoms with E-state index in [9.17, 15) is 4.79 Å². The maximum atomic E-state index is 12.4. The van der Waals surface area contributed by atoms with Gasteiger partial charge in [-0.1, -0.05) is 12.1 Å². The average Bonchev–Trinajstić information content (AvgIpc) is 2.55. The van der Waals surface area contributed by atoms with Gasteiger partial charge in [0.2, 0.25) is 5.91 Å². The number of nitrogens with zero attached hydrogens (tertiary/aromatic N) is 1. The highest BCUT2D eigenvalue weighted by atomic mass is 16.5. The van der Waals surface area contributed by atoms with Crippen molar-refractivity contribution in [3.8, 4) is 5.75 Å². The zero-order valence-electron chi connectivity index (χ0n) is 13.0. The number of rotatable bonds is 5. The third kappa shape index (κ3) is 4.19. The van der Waals surface area contributed by atoms with Gasteiger partial charge in [-0.3, -0.25) is 10.1 Å². The molecule has 0 radical (unpaired) electrons. The minimum absolute atomic E-state index is 0.107. The number of carbonyl (C=O) groups is 1. The van der Waals surface area contributed by atoms with E-state index in [-0.39, 0.29) is 18.0 Å². The SMILES string of the molecule is COc1ccc(C(C)NC(C)C(=O)N2CCOCC2)cc1. The predicted octanol–water partition coefficient (Wildman–Crippen LogP) is 1.59. The molecule has 0 bridgehead atoms. The molecule has 1 heterocycles. The fourth-order valence-corrected chi connectivity index (χ4v) is 2.49. The van der Waals surface area contributed by atoms with Crippen LogP contribution in [0.2, 0.25) is 0 Å². The molecule has 5 heteroatoms. The Kier molecular flexibility index (Phi) is 5.59. The summed E-state index contributed by atoms with van der Waals surface area (Å²) in [6.07, 6.45) is 0. The van der Waals surface area contributed by atoms with Crippen molar-refractivity contribution in [1.29, 1.82) is 0 Å². The fourth-order valence-electron chi connectivity index (χ4n) is 2.49. The van der Waals surface area contributed by atoms with Crippen LogP contribution in [0.5, 0.6) is 5.75 Å². The van der Waals surface area contributed by atoms with E-state index in [1.54, 1.807) is 7.11 Å². The maximum absolute atomic E-state index is 12.4. The van der Waals surface area contributed by atoms with E-state index in [1.165, 1.54) is 0 Å². The van der Waals surface area contributed by atoms with Crippen molar-refractivity contribution >= 4 is 5.91 Å². The average molecular weight is 292 g/mol. The van der Waals surface area contributed by atoms with E-state index >= 15 is 0 Å². The van der Waals surface area contributed by atoms with Gasteiger partial charge in [-0.05, 0) is 31.5 Å². The highest BCUT2D eigenvalue weighted by Gasteiger charge is 2.23. The van der Waals surface area contributed by atoms with Crippen LogP contribution >= 0.6 is 0 Å². The molecular weight excluding hydrogens is 268 g/mol. The second kappa shape index (κ2) is 7.43. The topological polar surface area (TPSA) is 50.8 Å². The molecule has 21 heavy (non-hydrogen) atoms. The number of methoxy groups -OCH3 is 1. The molecule has 5 nitrogen and oxygen atoms in total. The molecule has 1 aromatic carbocycles. The molecule has 1 aromatic rings. The number of hydrogen-bond acceptors (Lipinski definition) is 4. The summed E-state index contributed by atoms with van der Waals surface area (Å²) in [5.74, 6) is 0.974. The first-order valence-corrected chi connectivity index (χ1v) is 7.38. The van der Waals surface area contributed by atoms with E-state index in [0.717, 1.165) is 11.3 Å². The Labute approximate surface area is 126 Å². The first-order chi connectivity index (χ1) is 10.1. The molecule has 116 valence electrons. The molecule has 1 N–H and O–H groups in total. The fraction of sp³-hybridized carbons (Fsp3) is 0.562. The van der Waals surface area contributed by atoms with Crippen LogP contribution in [0.4, 0.5) is 0 Å². The van der Waals surface area contributed by atoms with Crippen LogP contribution in [0.1, 0.15) is 25.5 Å². The quantitative estimate of drug-likeness (QED) is 0.895. The van der Waals surface area contributed by atoms with Gasteiger partial charge in [-0.15, -0.1) is 0 Å². The normalized spacial score (nSPS) is 18.1. The number of amides is 1. The summed E-state index contributed by atoms with van der Waals surface area (Å²) < 4.78 is 10.4. The third-order valence-corrected chi connectivity index (χ3v) is 3.81. The summed E-state index contributed by atoms with van der Waals surface area (Å²) in [6.45, 7) is 6.60. The van der Waals surface area contributed by atoms with E-state index in [1.807, 2.05) is 36.1 Å². The highest BCUT2D eigenvalue weighted by Crippen LogP contribution is 2.18. The minimum atomic E-state index is -0.208. The molecule has 1 aliphatic rings. The van der Waals surface area contributed by atoms with Crippen LogP contribution in [-0.4, -0.2) is 50.3 Å². The molecule has 0 spiro atoms. The Bertz CT molecular complexity index is 455. The van der Waals surface area contributed by atoms with Gasteiger partial charge in [0.15, 0.2) is 0 Å². The number of benzene rings is 1. The van der Waals surface area contributed by atoms with Crippen molar-refractivity contribution in [3.05, 3.63) is 29.8 Å². The second-order valence-corrected chi connectivity index (χ2v) is 5.32. The van der Waals surface area contributed by atoms with E-state index in [4.69, 9.17) is 9.47 Å². The van der Waals surface area contributed by atoms with Crippen molar-refractivity contribution in [2.24, 2.45) is 0 Å². The Morgan fingerprint density at radius 3 is 2.43 bits per heavy atom. The molecule has 0 aliphatic carbocycles. The largest absolute Gasteiger partial charge is 0.497 e. The molecule has 1 aliphatic heterocycles. The first-order valence-electron chi connectivity index (χ1n) is 7.38. The Morgan fingerprint density at radius 2 is 1.86 bits per heavy atom. The van der Waals surface area contributed by atoms with Crippen molar-refractivity contribution in [2.45, 2.75) is 25.9 Å². The van der Waals surface area contributed by atoms with Gasteiger partial charge < -0.3 is 14.4 Å². The zero-order chi connectivity index (χ0) is 15.2. The number of carbonyl (C=O) groups excluding carboxylic acids is 1. The summed E-state index contributed by atoms with van der Waals surface area (Å²) in [6, 6.07) is 7.80. The molecule has 1 amide bonds. The Hall–Kier alpha value is -1.59. The van der Waals surface area contributed by atoms with E-state index < -0.39 is 0 Å². The first kappa shape index (κ1) is 15.8. The van der Waals surface area contributed by atoms with Gasteiger partial charge in [0.25, 0.3) is 0 Å². The van der Waals surface area contributed by atoms with Gasteiger partial charge in [0, 0.05) is 19.1 Å². The van der Waals surface area contributed by atoms with Gasteiger partial charge in [0.1, 0.15) is 5.75 Å². The van der Waals surface area contributed by atoms with Crippen LogP contribution in [0.15, 0.2) is 24.3 Å². The van der Waals surface area contributed by atoms with Crippen LogP contribution in [-0.2, 0) is 9.53 Å². The van der Waals surface area contributed by atoms with E-state index in [2.05, 4.69) is 12.2 Å². The molecule has 2 atom stereocenters. The van der Waals surface area contributed by atoms with Crippen molar-refractivity contribution in [1.82, 2.24) is 10.2 Å². The van der Waals surface area contributed by atoms with Crippen LogP contribution in [0.25, 0.3) is 0 Å². The Balaban J connectivity index is 1.90. The monoisotopic (exact) mass is 292 g/mol. The predicted molar refractivity (Wildman–Crippen MR) is 81.4 cm³/mol. The number of nitrogens with one attached hydrogen (secondary N) is 1. The molecule has 0 saturated carbocycles. The van der Waals surface area contributed by atoms with E-state index in [0.29, 0.717) is 26.3 Å². The van der Waals surface area contributed by atoms with Crippen LogP contribution < -0.4 is 10.1 Å². The van der Waals surface area contributed by atoms with Gasteiger partial charge in [-0.25, -0.2) is 0 Å². The molecule has 1 fully saturated rings. The number of hydrogen-bond donors (Lipinski definition) is 1. The molecular formula is C16H24N2O3. The van der Waals surface area contributed by atoms with Gasteiger partial charge >= 0.3 is 0 Å². The summed E-state index contributed by atoms with van der Waals surface area (Å²) in [5.41, 5.74) is 1.14. The lowest BCUT2D eigenvalue weighted by Gasteiger charge is -2.30. The summed E-state index contributed by atoms with van der Waals surface area (Å²) >= 11 is 0. The zero-order valence-corrected chi connectivity index (χ0v) is 13.0. The lowest BCUT2D eigenvalue weighted by molar-refractivity contribution is -0.137. The highest BCUT2D eigenvalue weighted by molar-refractivity contribution is 5.81. The molecule has 2 rings (SSSR count). The lowest BCUT2D eigenvalue weighted by atomic mass is 10.1. The summed E-state index contributed by atoms with van der Waals surface area (Å²) in [5, 5.41) is 3.36. The van der Waals surface area contributed by atoms with Crippen molar-refractivity contribution < 1.29 is 14.3 Å². The molecule has 0 aromatic heterocycles. The Morgan fingerprint density at radius 1 is 1.24 bits per heavy atom. The number of ether oxygens (including phenoxy) is 2. The molecule has 1 saturated heterocycles. The summed E-state index contributed by atoms with van der Waals surface area (Å²) in [4.78, 5) is 14.2. The smallest absolute Gasteiger partial charge is 0.239 e. The third-order valence-electron chi connectivity index (χ3n) is 3.81. The maximum Gasteiger partial charge on any atom is 0.239 e. The van der Waals surface area contributed by atoms with Crippen LogP contribution in [0, 0.1) is 0 Å². The number of morpholine rings is 1. The minimum Gasteiger partial charge on any atom is -0.497 e. The van der Waals surface area contributed by atoms with Crippen LogP contribution in [0.3, 0.4) is 0 Å². The molecule has 2 unspecified atom stereocenters. The van der Waals surface area contributed by atoms with Gasteiger partial charge in [0.05, 0.1) is 26.4 Å².